The third-order valence-electron chi connectivity index (χ3n) is 7.53. The number of hydrogen-bond donors (Lipinski definition) is 0. The van der Waals surface area contributed by atoms with Crippen molar-refractivity contribution in [2.45, 2.75) is 0 Å². The van der Waals surface area contributed by atoms with Crippen LogP contribution in [-0.2, 0) is 0 Å². The first-order chi connectivity index (χ1) is 20.3. The molecule has 6 aromatic carbocycles. The van der Waals surface area contributed by atoms with E-state index < -0.39 is 0 Å². The Morgan fingerprint density at radius 2 is 0.951 bits per heavy atom. The zero-order chi connectivity index (χ0) is 27.2. The molecule has 8 aromatic rings. The van der Waals surface area contributed by atoms with Gasteiger partial charge in [-0.2, -0.15) is 0 Å². The quantitative estimate of drug-likeness (QED) is 0.230. The molecule has 0 bridgehead atoms. The maximum absolute atomic E-state index is 5.95. The Bertz CT molecular complexity index is 2160. The van der Waals surface area contributed by atoms with Crippen LogP contribution >= 0.6 is 0 Å². The number of oxazole rings is 1. The van der Waals surface area contributed by atoms with Crippen molar-refractivity contribution >= 4 is 32.9 Å². The van der Waals surface area contributed by atoms with Crippen molar-refractivity contribution in [2.75, 3.05) is 0 Å². The van der Waals surface area contributed by atoms with Crippen molar-refractivity contribution in [3.05, 3.63) is 140 Å². The molecule has 2 heterocycles. The monoisotopic (exact) mass is 525 g/mol. The molecule has 0 aliphatic heterocycles. The summed E-state index contributed by atoms with van der Waals surface area (Å²) < 4.78 is 5.95. The molecule has 0 aliphatic rings. The molecule has 0 N–H and O–H groups in total. The van der Waals surface area contributed by atoms with Crippen molar-refractivity contribution < 1.29 is 4.42 Å². The molecular formula is C37H23N3O. The van der Waals surface area contributed by atoms with Gasteiger partial charge in [-0.3, -0.25) is 0 Å². The number of fused-ring (bicyclic) bond motifs is 3. The topological polar surface area (TPSA) is 51.8 Å². The van der Waals surface area contributed by atoms with Crippen LogP contribution in [0.1, 0.15) is 0 Å². The highest BCUT2D eigenvalue weighted by Crippen LogP contribution is 2.36. The average Bonchev–Trinajstić information content (AvgIpc) is 3.49. The fourth-order valence-electron chi connectivity index (χ4n) is 5.44. The Morgan fingerprint density at radius 3 is 1.68 bits per heavy atom. The van der Waals surface area contributed by atoms with E-state index in [4.69, 9.17) is 14.4 Å². The van der Waals surface area contributed by atoms with Gasteiger partial charge in [0.2, 0.25) is 5.89 Å². The summed E-state index contributed by atoms with van der Waals surface area (Å²) in [5.74, 6) is 0.629. The maximum Gasteiger partial charge on any atom is 0.227 e. The molecule has 2 aromatic heterocycles. The standard InChI is InChI=1S/C37H23N3O/c1-2-10-29-26(8-1)9-7-11-30(29)36-35(38-31-12-3-4-13-32(31)39-36)27-20-16-24(17-21-27)25-18-22-28(23-19-25)37-40-33-14-5-6-15-34(33)41-37/h1-23H. The van der Waals surface area contributed by atoms with Gasteiger partial charge in [0, 0.05) is 16.7 Å². The van der Waals surface area contributed by atoms with Crippen LogP contribution in [0.25, 0.3) is 78.0 Å². The van der Waals surface area contributed by atoms with E-state index in [1.165, 1.54) is 5.39 Å². The lowest BCUT2D eigenvalue weighted by Crippen LogP contribution is -1.96. The summed E-state index contributed by atoms with van der Waals surface area (Å²) in [6.45, 7) is 0. The van der Waals surface area contributed by atoms with Crippen molar-refractivity contribution in [3.63, 3.8) is 0 Å². The number of rotatable bonds is 4. The summed E-state index contributed by atoms with van der Waals surface area (Å²) in [7, 11) is 0. The van der Waals surface area contributed by atoms with Gasteiger partial charge in [0.1, 0.15) is 5.52 Å². The smallest absolute Gasteiger partial charge is 0.227 e. The van der Waals surface area contributed by atoms with E-state index in [1.54, 1.807) is 0 Å². The third kappa shape index (κ3) is 4.14. The molecule has 0 saturated carbocycles. The van der Waals surface area contributed by atoms with Crippen molar-refractivity contribution in [1.29, 1.82) is 0 Å². The first-order valence-corrected chi connectivity index (χ1v) is 13.6. The summed E-state index contributed by atoms with van der Waals surface area (Å²) in [6, 6.07) is 47.6. The zero-order valence-electron chi connectivity index (χ0n) is 22.0. The second-order valence-corrected chi connectivity index (χ2v) is 10.1. The third-order valence-corrected chi connectivity index (χ3v) is 7.53. The van der Waals surface area contributed by atoms with E-state index in [-0.39, 0.29) is 0 Å². The van der Waals surface area contributed by atoms with Crippen LogP contribution in [-0.4, -0.2) is 15.0 Å². The number of nitrogens with zero attached hydrogens (tertiary/aromatic N) is 3. The van der Waals surface area contributed by atoms with Crippen LogP contribution in [0.15, 0.2) is 144 Å². The van der Waals surface area contributed by atoms with Gasteiger partial charge in [0.15, 0.2) is 5.58 Å². The van der Waals surface area contributed by atoms with E-state index >= 15 is 0 Å². The van der Waals surface area contributed by atoms with E-state index in [0.717, 1.165) is 66.7 Å². The molecule has 0 aliphatic carbocycles. The molecule has 0 atom stereocenters. The number of benzene rings is 6. The van der Waals surface area contributed by atoms with Crippen molar-refractivity contribution in [3.8, 4) is 45.1 Å². The summed E-state index contributed by atoms with van der Waals surface area (Å²) in [5, 5.41) is 2.35. The number of aromatic nitrogens is 3. The van der Waals surface area contributed by atoms with Gasteiger partial charge in [0.05, 0.1) is 22.4 Å². The molecule has 0 spiro atoms. The molecule has 192 valence electrons. The molecule has 41 heavy (non-hydrogen) atoms. The van der Waals surface area contributed by atoms with Crippen molar-refractivity contribution in [2.24, 2.45) is 0 Å². The highest BCUT2D eigenvalue weighted by Gasteiger charge is 2.16. The van der Waals surface area contributed by atoms with Crippen LogP contribution in [0.5, 0.6) is 0 Å². The van der Waals surface area contributed by atoms with Gasteiger partial charge in [-0.05, 0) is 58.3 Å². The minimum atomic E-state index is 0.629. The largest absolute Gasteiger partial charge is 0.436 e. The maximum atomic E-state index is 5.95. The van der Waals surface area contributed by atoms with E-state index in [0.29, 0.717) is 5.89 Å². The van der Waals surface area contributed by atoms with Gasteiger partial charge >= 0.3 is 0 Å². The number of para-hydroxylation sites is 4. The lowest BCUT2D eigenvalue weighted by molar-refractivity contribution is 0.620. The van der Waals surface area contributed by atoms with Gasteiger partial charge in [-0.1, -0.05) is 103 Å². The first-order valence-electron chi connectivity index (χ1n) is 13.6. The predicted octanol–water partition coefficient (Wildman–Crippen LogP) is 9.59. The minimum Gasteiger partial charge on any atom is -0.436 e. The van der Waals surface area contributed by atoms with Gasteiger partial charge in [-0.25, -0.2) is 15.0 Å². The fraction of sp³-hybridized carbons (Fsp3) is 0. The Kier molecular flexibility index (Phi) is 5.42. The Hall–Kier alpha value is -5.61. The van der Waals surface area contributed by atoms with Crippen LogP contribution in [0.2, 0.25) is 0 Å². The lowest BCUT2D eigenvalue weighted by Gasteiger charge is -2.13. The van der Waals surface area contributed by atoms with E-state index in [2.05, 4.69) is 96.0 Å². The molecule has 4 nitrogen and oxygen atoms in total. The zero-order valence-corrected chi connectivity index (χ0v) is 22.0. The molecule has 0 radical (unpaired) electrons. The molecule has 4 heteroatoms. The number of hydrogen-bond acceptors (Lipinski definition) is 4. The summed E-state index contributed by atoms with van der Waals surface area (Å²) in [6.07, 6.45) is 0. The van der Waals surface area contributed by atoms with Gasteiger partial charge in [0.25, 0.3) is 0 Å². The Labute approximate surface area is 236 Å². The second-order valence-electron chi connectivity index (χ2n) is 10.1. The van der Waals surface area contributed by atoms with E-state index in [9.17, 15) is 0 Å². The molecule has 8 rings (SSSR count). The van der Waals surface area contributed by atoms with Crippen LogP contribution in [0.4, 0.5) is 0 Å². The molecule has 0 unspecified atom stereocenters. The summed E-state index contributed by atoms with van der Waals surface area (Å²) in [5.41, 5.74) is 10.5. The van der Waals surface area contributed by atoms with Crippen LogP contribution < -0.4 is 0 Å². The first kappa shape index (κ1) is 23.3. The highest BCUT2D eigenvalue weighted by molar-refractivity contribution is 6.00. The minimum absolute atomic E-state index is 0.629. The molecule has 0 amide bonds. The lowest BCUT2D eigenvalue weighted by atomic mass is 9.96. The van der Waals surface area contributed by atoms with Crippen LogP contribution in [0, 0.1) is 0 Å². The van der Waals surface area contributed by atoms with E-state index in [1.807, 2.05) is 48.5 Å². The van der Waals surface area contributed by atoms with Crippen molar-refractivity contribution in [1.82, 2.24) is 15.0 Å². The normalized spacial score (nSPS) is 11.4. The average molecular weight is 526 g/mol. The molecule has 0 fully saturated rings. The van der Waals surface area contributed by atoms with Gasteiger partial charge in [-0.15, -0.1) is 0 Å². The predicted molar refractivity (Wildman–Crippen MR) is 166 cm³/mol. The molecular weight excluding hydrogens is 502 g/mol. The highest BCUT2D eigenvalue weighted by atomic mass is 16.3. The second kappa shape index (κ2) is 9.54. The summed E-state index contributed by atoms with van der Waals surface area (Å²) >= 11 is 0. The molecule has 0 saturated heterocycles. The SMILES string of the molecule is c1ccc2c(-c3nc4ccccc4nc3-c3ccc(-c4ccc(-c5nc6ccccc6o5)cc4)cc3)cccc2c1. The summed E-state index contributed by atoms with van der Waals surface area (Å²) in [4.78, 5) is 14.9. The Morgan fingerprint density at radius 1 is 0.390 bits per heavy atom. The van der Waals surface area contributed by atoms with Gasteiger partial charge < -0.3 is 4.42 Å². The van der Waals surface area contributed by atoms with Crippen LogP contribution in [0.3, 0.4) is 0 Å². The fourth-order valence-corrected chi connectivity index (χ4v) is 5.44. The Balaban J connectivity index is 1.18.